The molecule has 7 nitrogen and oxygen atoms in total. The molecule has 1 aromatic carbocycles. The number of nitrogens with zero attached hydrogens (tertiary/aromatic N) is 2. The molecule has 0 saturated carbocycles. The molecular formula is C14H19N3O4. The Balaban J connectivity index is 1.99. The summed E-state index contributed by atoms with van der Waals surface area (Å²) in [6.45, 7) is 1.19. The summed E-state index contributed by atoms with van der Waals surface area (Å²) in [4.78, 5) is 23.6. The van der Waals surface area contributed by atoms with Gasteiger partial charge in [-0.05, 0) is 18.1 Å². The van der Waals surface area contributed by atoms with Gasteiger partial charge in [0.05, 0.1) is 12.0 Å². The fourth-order valence-corrected chi connectivity index (χ4v) is 2.43. The second-order valence-corrected chi connectivity index (χ2v) is 5.15. The van der Waals surface area contributed by atoms with E-state index in [1.807, 2.05) is 0 Å². The van der Waals surface area contributed by atoms with Crippen LogP contribution in [0.15, 0.2) is 18.2 Å². The molecule has 114 valence electrons. The molecule has 0 radical (unpaired) electrons. The van der Waals surface area contributed by atoms with Crippen molar-refractivity contribution in [3.8, 4) is 5.75 Å². The van der Waals surface area contributed by atoms with Crippen molar-refractivity contribution < 1.29 is 14.5 Å². The second kappa shape index (κ2) is 6.53. The highest BCUT2D eigenvalue weighted by molar-refractivity contribution is 5.76. The Morgan fingerprint density at radius 2 is 2.29 bits per heavy atom. The Hall–Kier alpha value is -2.15. The summed E-state index contributed by atoms with van der Waals surface area (Å²) in [5, 5.41) is 14.3. The second-order valence-electron chi connectivity index (χ2n) is 5.15. The number of methoxy groups -OCH3 is 1. The molecule has 0 bridgehead atoms. The number of rotatable bonds is 5. The standard InChI is InChI=1S/C14H19N3O4/c1-16-9-11(4-6-14(16)18)15-8-10-3-5-13(21-2)12(7-10)17(19)20/h3,5,7,11,15H,4,6,8-9H2,1-2H3. The summed E-state index contributed by atoms with van der Waals surface area (Å²) in [7, 11) is 3.20. The van der Waals surface area contributed by atoms with E-state index in [9.17, 15) is 14.9 Å². The third-order valence-corrected chi connectivity index (χ3v) is 3.66. The van der Waals surface area contributed by atoms with Crippen LogP contribution in [0.1, 0.15) is 18.4 Å². The van der Waals surface area contributed by atoms with Crippen LogP contribution in [0.4, 0.5) is 5.69 Å². The Morgan fingerprint density at radius 1 is 1.52 bits per heavy atom. The van der Waals surface area contributed by atoms with Crippen LogP contribution < -0.4 is 10.1 Å². The minimum absolute atomic E-state index is 0.0345. The average molecular weight is 293 g/mol. The first-order valence-electron chi connectivity index (χ1n) is 6.80. The SMILES string of the molecule is COc1ccc(CNC2CCC(=O)N(C)C2)cc1[N+](=O)[O-]. The molecule has 1 aromatic rings. The molecule has 1 N–H and O–H groups in total. The van der Waals surface area contributed by atoms with Crippen LogP contribution in [-0.2, 0) is 11.3 Å². The highest BCUT2D eigenvalue weighted by Gasteiger charge is 2.22. The molecule has 21 heavy (non-hydrogen) atoms. The van der Waals surface area contributed by atoms with Gasteiger partial charge in [-0.1, -0.05) is 6.07 Å². The lowest BCUT2D eigenvalue weighted by Crippen LogP contribution is -2.46. The van der Waals surface area contributed by atoms with Crippen molar-refractivity contribution in [1.82, 2.24) is 10.2 Å². The topological polar surface area (TPSA) is 84.7 Å². The van der Waals surface area contributed by atoms with Crippen molar-refractivity contribution in [2.24, 2.45) is 0 Å². The number of carbonyl (C=O) groups excluding carboxylic acids is 1. The van der Waals surface area contributed by atoms with E-state index < -0.39 is 4.92 Å². The fourth-order valence-electron chi connectivity index (χ4n) is 2.43. The molecule has 2 rings (SSSR count). The number of benzene rings is 1. The van der Waals surface area contributed by atoms with Crippen LogP contribution in [-0.4, -0.2) is 42.5 Å². The van der Waals surface area contributed by atoms with E-state index in [1.54, 1.807) is 24.1 Å². The monoisotopic (exact) mass is 293 g/mol. The van der Waals surface area contributed by atoms with E-state index in [1.165, 1.54) is 13.2 Å². The predicted octanol–water partition coefficient (Wildman–Crippen LogP) is 1.31. The van der Waals surface area contributed by atoms with Gasteiger partial charge in [0.1, 0.15) is 0 Å². The predicted molar refractivity (Wildman–Crippen MR) is 77.1 cm³/mol. The summed E-state index contributed by atoms with van der Waals surface area (Å²) < 4.78 is 4.98. The number of nitrogens with one attached hydrogen (secondary N) is 1. The molecule has 1 aliphatic heterocycles. The van der Waals surface area contributed by atoms with Crippen molar-refractivity contribution >= 4 is 11.6 Å². The fraction of sp³-hybridized carbons (Fsp3) is 0.500. The van der Waals surface area contributed by atoms with Gasteiger partial charge in [-0.25, -0.2) is 0 Å². The van der Waals surface area contributed by atoms with Crippen LogP contribution in [0.5, 0.6) is 5.75 Å². The molecule has 0 aliphatic carbocycles. The van der Waals surface area contributed by atoms with Crippen LogP contribution >= 0.6 is 0 Å². The molecule has 1 heterocycles. The van der Waals surface area contributed by atoms with E-state index in [0.29, 0.717) is 19.5 Å². The highest BCUT2D eigenvalue weighted by atomic mass is 16.6. The summed E-state index contributed by atoms with van der Waals surface area (Å²) in [5.74, 6) is 0.417. The molecule has 0 aromatic heterocycles. The van der Waals surface area contributed by atoms with Gasteiger partial charge in [0.15, 0.2) is 5.75 Å². The van der Waals surface area contributed by atoms with Gasteiger partial charge in [0, 0.05) is 38.7 Å². The molecule has 1 unspecified atom stereocenters. The Morgan fingerprint density at radius 3 is 2.90 bits per heavy atom. The van der Waals surface area contributed by atoms with Crippen LogP contribution in [0.25, 0.3) is 0 Å². The first kappa shape index (κ1) is 15.2. The van der Waals surface area contributed by atoms with Gasteiger partial charge in [-0.2, -0.15) is 0 Å². The number of nitro groups is 1. The Bertz CT molecular complexity index is 547. The minimum Gasteiger partial charge on any atom is -0.490 e. The molecule has 1 atom stereocenters. The Labute approximate surface area is 123 Å². The molecular weight excluding hydrogens is 274 g/mol. The quantitative estimate of drug-likeness (QED) is 0.653. The molecule has 1 fully saturated rings. The van der Waals surface area contributed by atoms with Gasteiger partial charge >= 0.3 is 5.69 Å². The molecule has 1 saturated heterocycles. The number of carbonyl (C=O) groups is 1. The van der Waals surface area contributed by atoms with E-state index in [-0.39, 0.29) is 23.4 Å². The molecule has 1 aliphatic rings. The number of likely N-dealkylation sites (N-methyl/N-ethyl adjacent to an activating group) is 1. The van der Waals surface area contributed by atoms with Gasteiger partial charge in [-0.3, -0.25) is 14.9 Å². The van der Waals surface area contributed by atoms with Crippen LogP contribution in [0, 0.1) is 10.1 Å². The largest absolute Gasteiger partial charge is 0.490 e. The number of nitro benzene ring substituents is 1. The summed E-state index contributed by atoms with van der Waals surface area (Å²) >= 11 is 0. The van der Waals surface area contributed by atoms with Crippen molar-refractivity contribution in [3.05, 3.63) is 33.9 Å². The smallest absolute Gasteiger partial charge is 0.311 e. The number of hydrogen-bond donors (Lipinski definition) is 1. The van der Waals surface area contributed by atoms with Gasteiger partial charge in [0.2, 0.25) is 5.91 Å². The third-order valence-electron chi connectivity index (χ3n) is 3.66. The lowest BCUT2D eigenvalue weighted by atomic mass is 10.1. The number of piperidine rings is 1. The summed E-state index contributed by atoms with van der Waals surface area (Å²) in [5.41, 5.74) is 0.787. The maximum atomic E-state index is 11.4. The Kier molecular flexibility index (Phi) is 4.74. The number of likely N-dealkylation sites (tertiary alicyclic amines) is 1. The molecule has 0 spiro atoms. The zero-order valence-corrected chi connectivity index (χ0v) is 12.2. The summed E-state index contributed by atoms with van der Waals surface area (Å²) in [6.07, 6.45) is 1.33. The van der Waals surface area contributed by atoms with Crippen molar-refractivity contribution in [2.45, 2.75) is 25.4 Å². The highest BCUT2D eigenvalue weighted by Crippen LogP contribution is 2.27. The van der Waals surface area contributed by atoms with Crippen LogP contribution in [0.2, 0.25) is 0 Å². The number of hydrogen-bond acceptors (Lipinski definition) is 5. The first-order valence-corrected chi connectivity index (χ1v) is 6.80. The normalized spacial score (nSPS) is 18.7. The molecule has 1 amide bonds. The number of ether oxygens (including phenoxy) is 1. The van der Waals surface area contributed by atoms with E-state index >= 15 is 0 Å². The van der Waals surface area contributed by atoms with Gasteiger partial charge in [-0.15, -0.1) is 0 Å². The maximum absolute atomic E-state index is 11.4. The number of amides is 1. The van der Waals surface area contributed by atoms with E-state index in [0.717, 1.165) is 12.0 Å². The average Bonchev–Trinajstić information content (AvgIpc) is 2.48. The van der Waals surface area contributed by atoms with Crippen molar-refractivity contribution in [1.29, 1.82) is 0 Å². The lowest BCUT2D eigenvalue weighted by molar-refractivity contribution is -0.385. The van der Waals surface area contributed by atoms with Gasteiger partial charge in [0.25, 0.3) is 0 Å². The minimum atomic E-state index is -0.449. The van der Waals surface area contributed by atoms with E-state index in [4.69, 9.17) is 4.74 Å². The lowest BCUT2D eigenvalue weighted by Gasteiger charge is -2.30. The van der Waals surface area contributed by atoms with Crippen molar-refractivity contribution in [2.75, 3.05) is 20.7 Å². The van der Waals surface area contributed by atoms with Crippen LogP contribution in [0.3, 0.4) is 0 Å². The zero-order chi connectivity index (χ0) is 15.4. The molecule has 7 heteroatoms. The van der Waals surface area contributed by atoms with Crippen molar-refractivity contribution in [3.63, 3.8) is 0 Å². The maximum Gasteiger partial charge on any atom is 0.311 e. The van der Waals surface area contributed by atoms with Gasteiger partial charge < -0.3 is 15.0 Å². The van der Waals surface area contributed by atoms with E-state index in [2.05, 4.69) is 5.32 Å². The first-order chi connectivity index (χ1) is 10.0. The zero-order valence-electron chi connectivity index (χ0n) is 12.2. The third kappa shape index (κ3) is 3.69. The summed E-state index contributed by atoms with van der Waals surface area (Å²) in [6, 6.07) is 5.14.